The number of thiophene rings is 1. The fraction of sp³-hybridized carbons (Fsp3) is 0.167. The summed E-state index contributed by atoms with van der Waals surface area (Å²) >= 11 is 2.83. The van der Waals surface area contributed by atoms with Crippen molar-refractivity contribution in [3.63, 3.8) is 0 Å². The minimum atomic E-state index is -0.290. The molecule has 0 aliphatic rings. The highest BCUT2D eigenvalue weighted by Crippen LogP contribution is 2.33. The van der Waals surface area contributed by atoms with Crippen LogP contribution in [0.5, 0.6) is 0 Å². The van der Waals surface area contributed by atoms with Crippen molar-refractivity contribution in [1.82, 2.24) is 20.2 Å². The molecule has 108 valence electrons. The Morgan fingerprint density at radius 1 is 1.48 bits per heavy atom. The lowest BCUT2D eigenvalue weighted by Gasteiger charge is -2.05. The number of hydrogen-bond donors (Lipinski definition) is 2. The van der Waals surface area contributed by atoms with E-state index in [4.69, 9.17) is 10.2 Å². The van der Waals surface area contributed by atoms with Gasteiger partial charge in [-0.1, -0.05) is 17.8 Å². The molecule has 0 saturated carbocycles. The van der Waals surface area contributed by atoms with Crippen LogP contribution in [0.3, 0.4) is 0 Å². The minimum absolute atomic E-state index is 0.156. The summed E-state index contributed by atoms with van der Waals surface area (Å²) in [4.78, 5) is 18.9. The second kappa shape index (κ2) is 5.70. The molecule has 0 radical (unpaired) electrons. The average molecular weight is 321 g/mol. The first-order chi connectivity index (χ1) is 10.1. The van der Waals surface area contributed by atoms with Crippen molar-refractivity contribution in [2.75, 3.05) is 5.73 Å². The van der Waals surface area contributed by atoms with E-state index in [1.54, 1.807) is 0 Å². The Kier molecular flexibility index (Phi) is 3.76. The largest absolute Gasteiger partial charge is 0.419 e. The number of anilines is 1. The lowest BCUT2D eigenvalue weighted by Crippen LogP contribution is -2.09. The van der Waals surface area contributed by atoms with Gasteiger partial charge in [-0.05, 0) is 18.4 Å². The van der Waals surface area contributed by atoms with Gasteiger partial charge in [-0.2, -0.15) is 0 Å². The summed E-state index contributed by atoms with van der Waals surface area (Å²) in [5, 5.41) is 10.3. The molecular formula is C12H11N5O2S2. The molecule has 0 aromatic carbocycles. The first-order valence-corrected chi connectivity index (χ1v) is 7.78. The monoisotopic (exact) mass is 321 g/mol. The number of thioether (sulfide) groups is 1. The molecule has 21 heavy (non-hydrogen) atoms. The zero-order chi connectivity index (χ0) is 14.8. The van der Waals surface area contributed by atoms with E-state index in [9.17, 15) is 4.79 Å². The van der Waals surface area contributed by atoms with Crippen LogP contribution in [0.2, 0.25) is 0 Å². The summed E-state index contributed by atoms with van der Waals surface area (Å²) in [6.45, 7) is 1.89. The highest BCUT2D eigenvalue weighted by atomic mass is 32.2. The first-order valence-electron chi connectivity index (χ1n) is 6.02. The number of H-pyrrole nitrogens is 1. The molecule has 0 aliphatic carbocycles. The van der Waals surface area contributed by atoms with E-state index in [1.165, 1.54) is 29.2 Å². The van der Waals surface area contributed by atoms with Gasteiger partial charge in [0.25, 0.3) is 11.4 Å². The smallest absolute Gasteiger partial charge is 0.257 e. The molecule has 0 unspecified atom stereocenters. The maximum atomic E-state index is 11.3. The van der Waals surface area contributed by atoms with Gasteiger partial charge in [-0.25, -0.2) is 4.98 Å². The third-order valence-corrected chi connectivity index (χ3v) is 4.38. The van der Waals surface area contributed by atoms with E-state index in [0.29, 0.717) is 16.9 Å². The predicted molar refractivity (Wildman–Crippen MR) is 81.2 cm³/mol. The van der Waals surface area contributed by atoms with Crippen LogP contribution in [0.15, 0.2) is 37.9 Å². The van der Waals surface area contributed by atoms with Gasteiger partial charge in [0.1, 0.15) is 5.82 Å². The average Bonchev–Trinajstić information content (AvgIpc) is 3.09. The second-order valence-corrected chi connectivity index (χ2v) is 6.44. The third-order valence-electron chi connectivity index (χ3n) is 2.55. The normalized spacial score (nSPS) is 12.4. The Morgan fingerprint density at radius 3 is 3.05 bits per heavy atom. The highest BCUT2D eigenvalue weighted by molar-refractivity contribution is 7.99. The van der Waals surface area contributed by atoms with Crippen LogP contribution in [-0.4, -0.2) is 20.2 Å². The van der Waals surface area contributed by atoms with Crippen LogP contribution >= 0.6 is 23.1 Å². The Morgan fingerprint density at radius 2 is 2.33 bits per heavy atom. The molecule has 3 rings (SSSR count). The summed E-state index contributed by atoms with van der Waals surface area (Å²) in [5.41, 5.74) is 5.26. The summed E-state index contributed by atoms with van der Waals surface area (Å²) in [6.07, 6.45) is 0. The van der Waals surface area contributed by atoms with E-state index in [1.807, 2.05) is 24.4 Å². The molecule has 3 aromatic rings. The van der Waals surface area contributed by atoms with Gasteiger partial charge in [0.05, 0.1) is 10.1 Å². The minimum Gasteiger partial charge on any atom is -0.419 e. The van der Waals surface area contributed by atoms with Crippen molar-refractivity contribution in [3.8, 4) is 10.8 Å². The number of nitrogen functional groups attached to an aromatic ring is 1. The molecule has 0 aliphatic heterocycles. The van der Waals surface area contributed by atoms with E-state index in [2.05, 4.69) is 20.2 Å². The number of nitrogens with two attached hydrogens (primary N) is 1. The van der Waals surface area contributed by atoms with E-state index in [0.717, 1.165) is 4.88 Å². The number of nitrogens with one attached hydrogen (secondary N) is 1. The topological polar surface area (TPSA) is 111 Å². The van der Waals surface area contributed by atoms with Gasteiger partial charge in [0.2, 0.25) is 5.89 Å². The lowest BCUT2D eigenvalue weighted by molar-refractivity contribution is 0.510. The van der Waals surface area contributed by atoms with Crippen LogP contribution in [0.25, 0.3) is 10.8 Å². The molecule has 0 fully saturated rings. The van der Waals surface area contributed by atoms with Crippen molar-refractivity contribution < 1.29 is 4.42 Å². The Hall–Kier alpha value is -2.13. The Bertz CT molecular complexity index is 796. The van der Waals surface area contributed by atoms with Gasteiger partial charge < -0.3 is 15.1 Å². The van der Waals surface area contributed by atoms with Crippen molar-refractivity contribution in [2.45, 2.75) is 17.3 Å². The standard InChI is InChI=1S/C12H11N5O2S2/c1-6(21-12-14-8(13)5-9(18)15-12)10-16-17-11(19-10)7-3-2-4-20-7/h2-6H,1H3,(H3,13,14,15,18)/t6-/m1/s1. The molecule has 0 bridgehead atoms. The first kappa shape index (κ1) is 13.8. The summed E-state index contributed by atoms with van der Waals surface area (Å²) in [5.74, 6) is 1.13. The third kappa shape index (κ3) is 3.14. The van der Waals surface area contributed by atoms with Gasteiger partial charge in [0, 0.05) is 6.07 Å². The number of aromatic nitrogens is 4. The Labute approximate surface area is 127 Å². The fourth-order valence-electron chi connectivity index (χ4n) is 1.63. The quantitative estimate of drug-likeness (QED) is 0.560. The lowest BCUT2D eigenvalue weighted by atomic mass is 10.5. The van der Waals surface area contributed by atoms with Crippen LogP contribution in [0.1, 0.15) is 18.1 Å². The molecule has 3 heterocycles. The summed E-state index contributed by atoms with van der Waals surface area (Å²) in [7, 11) is 0. The fourth-order valence-corrected chi connectivity index (χ4v) is 3.12. The molecule has 0 spiro atoms. The molecule has 9 heteroatoms. The van der Waals surface area contributed by atoms with Crippen LogP contribution in [0.4, 0.5) is 5.82 Å². The number of hydrogen-bond acceptors (Lipinski definition) is 8. The van der Waals surface area contributed by atoms with Gasteiger partial charge >= 0.3 is 0 Å². The zero-order valence-corrected chi connectivity index (χ0v) is 12.6. The van der Waals surface area contributed by atoms with Crippen LogP contribution in [-0.2, 0) is 0 Å². The van der Waals surface area contributed by atoms with Crippen LogP contribution in [0, 0.1) is 0 Å². The summed E-state index contributed by atoms with van der Waals surface area (Å²) < 4.78 is 5.64. The van der Waals surface area contributed by atoms with E-state index < -0.39 is 0 Å². The maximum Gasteiger partial charge on any atom is 0.257 e. The van der Waals surface area contributed by atoms with E-state index in [-0.39, 0.29) is 16.6 Å². The van der Waals surface area contributed by atoms with Crippen LogP contribution < -0.4 is 11.3 Å². The molecule has 7 nitrogen and oxygen atoms in total. The van der Waals surface area contributed by atoms with Gasteiger partial charge in [-0.3, -0.25) is 4.79 Å². The Balaban J connectivity index is 1.79. The molecular weight excluding hydrogens is 310 g/mol. The molecule has 0 saturated heterocycles. The predicted octanol–water partition coefficient (Wildman–Crippen LogP) is 2.32. The SMILES string of the molecule is C[C@@H](Sc1nc(N)cc(=O)[nH]1)c1nnc(-c2cccs2)o1. The second-order valence-electron chi connectivity index (χ2n) is 4.16. The highest BCUT2D eigenvalue weighted by Gasteiger charge is 2.18. The molecule has 0 amide bonds. The zero-order valence-electron chi connectivity index (χ0n) is 10.9. The van der Waals surface area contributed by atoms with Gasteiger partial charge in [-0.15, -0.1) is 21.5 Å². The number of rotatable bonds is 4. The number of nitrogens with zero attached hydrogens (tertiary/aromatic N) is 3. The molecule has 3 aromatic heterocycles. The van der Waals surface area contributed by atoms with Crippen molar-refractivity contribution in [1.29, 1.82) is 0 Å². The van der Waals surface area contributed by atoms with Gasteiger partial charge in [0.15, 0.2) is 5.16 Å². The summed E-state index contributed by atoms with van der Waals surface area (Å²) in [6, 6.07) is 5.07. The van der Waals surface area contributed by atoms with Crippen molar-refractivity contribution >= 4 is 28.9 Å². The molecule has 1 atom stereocenters. The number of aromatic amines is 1. The van der Waals surface area contributed by atoms with Crippen molar-refractivity contribution in [3.05, 3.63) is 39.8 Å². The van der Waals surface area contributed by atoms with E-state index >= 15 is 0 Å². The van der Waals surface area contributed by atoms with Crippen molar-refractivity contribution in [2.24, 2.45) is 0 Å². The maximum absolute atomic E-state index is 11.3. The molecule has 3 N–H and O–H groups in total.